The van der Waals surface area contributed by atoms with Gasteiger partial charge in [-0.25, -0.2) is 4.99 Å². The first-order valence-corrected chi connectivity index (χ1v) is 11.5. The van der Waals surface area contributed by atoms with Gasteiger partial charge in [0.15, 0.2) is 16.7 Å². The zero-order chi connectivity index (χ0) is 24.2. The lowest BCUT2D eigenvalue weighted by atomic mass is 10.1. The molecule has 4 rings (SSSR count). The van der Waals surface area contributed by atoms with Gasteiger partial charge in [0, 0.05) is 0 Å². The van der Waals surface area contributed by atoms with Crippen LogP contribution in [0.15, 0.2) is 70.6 Å². The number of anilines is 1. The van der Waals surface area contributed by atoms with Crippen LogP contribution >= 0.6 is 11.8 Å². The number of methoxy groups -OCH3 is 3. The fraction of sp³-hybridized carbons (Fsp3) is 0.185. The van der Waals surface area contributed by atoms with Crippen molar-refractivity contribution < 1.29 is 19.0 Å². The highest BCUT2D eigenvalue weighted by Gasteiger charge is 2.35. The van der Waals surface area contributed by atoms with Gasteiger partial charge in [0.25, 0.3) is 5.91 Å². The van der Waals surface area contributed by atoms with Crippen LogP contribution in [0.3, 0.4) is 0 Å². The van der Waals surface area contributed by atoms with E-state index in [2.05, 4.69) is 0 Å². The minimum Gasteiger partial charge on any atom is -0.493 e. The van der Waals surface area contributed by atoms with Crippen molar-refractivity contribution in [2.75, 3.05) is 26.2 Å². The third-order valence-electron chi connectivity index (χ3n) is 5.28. The number of aliphatic imine (C=N–C) groups is 1. The number of amides is 1. The maximum absolute atomic E-state index is 13.6. The monoisotopic (exact) mass is 474 g/mol. The number of aryl methyl sites for hydroxylation is 2. The van der Waals surface area contributed by atoms with Crippen molar-refractivity contribution in [3.05, 3.63) is 82.3 Å². The molecule has 0 N–H and O–H groups in total. The summed E-state index contributed by atoms with van der Waals surface area (Å²) in [7, 11) is 4.69. The first kappa shape index (κ1) is 23.4. The lowest BCUT2D eigenvalue weighted by Gasteiger charge is -2.16. The number of nitrogens with zero attached hydrogens (tertiary/aromatic N) is 2. The van der Waals surface area contributed by atoms with Crippen LogP contribution in [0.2, 0.25) is 0 Å². The molecule has 0 saturated carbocycles. The van der Waals surface area contributed by atoms with Crippen molar-refractivity contribution in [3.8, 4) is 17.2 Å². The summed E-state index contributed by atoms with van der Waals surface area (Å²) in [4.78, 5) is 20.6. The molecule has 1 saturated heterocycles. The van der Waals surface area contributed by atoms with Crippen molar-refractivity contribution >= 4 is 40.3 Å². The number of hydrogen-bond donors (Lipinski definition) is 0. The molecule has 0 aromatic heterocycles. The van der Waals surface area contributed by atoms with Crippen LogP contribution in [-0.4, -0.2) is 32.4 Å². The number of hydrogen-bond acceptors (Lipinski definition) is 6. The van der Waals surface area contributed by atoms with Gasteiger partial charge in [-0.15, -0.1) is 0 Å². The summed E-state index contributed by atoms with van der Waals surface area (Å²) in [5, 5.41) is 0.597. The van der Waals surface area contributed by atoms with E-state index < -0.39 is 0 Å². The fourth-order valence-electron chi connectivity index (χ4n) is 3.69. The first-order valence-electron chi connectivity index (χ1n) is 10.7. The van der Waals surface area contributed by atoms with E-state index in [1.807, 2.05) is 80.6 Å². The number of ether oxygens (including phenoxy) is 3. The van der Waals surface area contributed by atoms with Crippen LogP contribution in [0.25, 0.3) is 6.08 Å². The van der Waals surface area contributed by atoms with Gasteiger partial charge >= 0.3 is 0 Å². The second-order valence-corrected chi connectivity index (χ2v) is 8.79. The highest BCUT2D eigenvalue weighted by atomic mass is 32.2. The molecule has 7 heteroatoms. The number of rotatable bonds is 6. The predicted molar refractivity (Wildman–Crippen MR) is 139 cm³/mol. The van der Waals surface area contributed by atoms with Gasteiger partial charge in [0.05, 0.1) is 37.6 Å². The molecule has 174 valence electrons. The maximum Gasteiger partial charge on any atom is 0.271 e. The smallest absolute Gasteiger partial charge is 0.271 e. The Hall–Kier alpha value is -3.71. The number of amidine groups is 1. The summed E-state index contributed by atoms with van der Waals surface area (Å²) >= 11 is 1.33. The Labute approximate surface area is 203 Å². The Bertz CT molecular complexity index is 1270. The molecule has 1 heterocycles. The van der Waals surface area contributed by atoms with Gasteiger partial charge in [-0.3, -0.25) is 9.69 Å². The molecule has 0 atom stereocenters. The third-order valence-corrected chi connectivity index (χ3v) is 6.25. The van der Waals surface area contributed by atoms with Gasteiger partial charge in [0.1, 0.15) is 0 Å². The van der Waals surface area contributed by atoms with E-state index in [4.69, 9.17) is 19.2 Å². The minimum atomic E-state index is -0.143. The molecule has 1 aliphatic rings. The van der Waals surface area contributed by atoms with Gasteiger partial charge < -0.3 is 14.2 Å². The van der Waals surface area contributed by atoms with Crippen molar-refractivity contribution in [1.29, 1.82) is 0 Å². The molecular weight excluding hydrogens is 448 g/mol. The zero-order valence-corrected chi connectivity index (χ0v) is 20.6. The molecule has 3 aromatic rings. The van der Waals surface area contributed by atoms with Gasteiger partial charge in [-0.1, -0.05) is 24.3 Å². The van der Waals surface area contributed by atoms with Crippen molar-refractivity contribution in [3.63, 3.8) is 0 Å². The molecular formula is C27H26N2O4S. The molecule has 34 heavy (non-hydrogen) atoms. The van der Waals surface area contributed by atoms with Crippen LogP contribution < -0.4 is 19.1 Å². The van der Waals surface area contributed by atoms with Crippen molar-refractivity contribution in [2.45, 2.75) is 13.8 Å². The summed E-state index contributed by atoms with van der Waals surface area (Å²) in [6, 6.07) is 19.4. The fourth-order valence-corrected chi connectivity index (χ4v) is 4.69. The van der Waals surface area contributed by atoms with Gasteiger partial charge in [-0.2, -0.15) is 0 Å². The summed E-state index contributed by atoms with van der Waals surface area (Å²) in [5.74, 6) is 1.40. The molecule has 0 aliphatic carbocycles. The van der Waals surface area contributed by atoms with Crippen LogP contribution in [0.4, 0.5) is 11.4 Å². The maximum atomic E-state index is 13.6. The van der Waals surface area contributed by atoms with E-state index in [1.165, 1.54) is 11.8 Å². The van der Waals surface area contributed by atoms with Crippen LogP contribution in [0, 0.1) is 13.8 Å². The highest BCUT2D eigenvalue weighted by molar-refractivity contribution is 8.19. The van der Waals surface area contributed by atoms with E-state index in [9.17, 15) is 4.79 Å². The minimum absolute atomic E-state index is 0.143. The summed E-state index contributed by atoms with van der Waals surface area (Å²) in [5.41, 5.74) is 4.49. The summed E-state index contributed by atoms with van der Waals surface area (Å²) < 4.78 is 16.3. The lowest BCUT2D eigenvalue weighted by Crippen LogP contribution is -2.28. The molecule has 1 aliphatic heterocycles. The second-order valence-electron chi connectivity index (χ2n) is 7.78. The Balaban J connectivity index is 1.81. The largest absolute Gasteiger partial charge is 0.493 e. The number of carbonyl (C=O) groups is 1. The summed E-state index contributed by atoms with van der Waals surface area (Å²) in [6.07, 6.45) is 1.82. The molecule has 0 unspecified atom stereocenters. The Morgan fingerprint density at radius 3 is 2.09 bits per heavy atom. The van der Waals surface area contributed by atoms with Gasteiger partial charge in [0.2, 0.25) is 5.75 Å². The van der Waals surface area contributed by atoms with E-state index in [1.54, 1.807) is 26.2 Å². The number of carbonyl (C=O) groups excluding carboxylic acids is 1. The number of thioether (sulfide) groups is 1. The average Bonchev–Trinajstić information content (AvgIpc) is 3.12. The van der Waals surface area contributed by atoms with E-state index in [0.717, 1.165) is 28.1 Å². The van der Waals surface area contributed by atoms with Crippen LogP contribution in [0.1, 0.15) is 16.7 Å². The van der Waals surface area contributed by atoms with E-state index >= 15 is 0 Å². The van der Waals surface area contributed by atoms with Crippen molar-refractivity contribution in [2.24, 2.45) is 4.99 Å². The van der Waals surface area contributed by atoms with Crippen LogP contribution in [0.5, 0.6) is 17.2 Å². The molecule has 0 spiro atoms. The Morgan fingerprint density at radius 2 is 1.50 bits per heavy atom. The number of benzene rings is 3. The standard InChI is InChI=1S/C27H26N2O4S/c1-17-8-6-10-20(12-17)28-27-29(21-11-7-9-18(2)13-21)26(30)24(34-27)16-19-14-22(31-3)25(33-5)23(15-19)32-4/h6-16H,1-5H3/b24-16+,28-27?. The van der Waals surface area contributed by atoms with Gasteiger partial charge in [-0.05, 0) is 84.8 Å². The average molecular weight is 475 g/mol. The third kappa shape index (κ3) is 4.79. The quantitative estimate of drug-likeness (QED) is 0.402. The molecule has 1 amide bonds. The molecule has 0 radical (unpaired) electrons. The highest BCUT2D eigenvalue weighted by Crippen LogP contribution is 2.41. The Morgan fingerprint density at radius 1 is 0.853 bits per heavy atom. The SMILES string of the molecule is COc1cc(/C=C2/SC(=Nc3cccc(C)c3)N(c3cccc(C)c3)C2=O)cc(OC)c1OC. The topological polar surface area (TPSA) is 60.4 Å². The molecule has 3 aromatic carbocycles. The molecule has 6 nitrogen and oxygen atoms in total. The van der Waals surface area contributed by atoms with Crippen LogP contribution in [-0.2, 0) is 4.79 Å². The van der Waals surface area contributed by atoms with E-state index in [-0.39, 0.29) is 5.91 Å². The first-order chi connectivity index (χ1) is 16.4. The predicted octanol–water partition coefficient (Wildman–Crippen LogP) is 6.14. The Kier molecular flexibility index (Phi) is 6.93. The lowest BCUT2D eigenvalue weighted by molar-refractivity contribution is -0.113. The molecule has 1 fully saturated rings. The second kappa shape index (κ2) is 10.1. The van der Waals surface area contributed by atoms with E-state index in [0.29, 0.717) is 27.3 Å². The zero-order valence-electron chi connectivity index (χ0n) is 19.8. The summed E-state index contributed by atoms with van der Waals surface area (Å²) in [6.45, 7) is 4.02. The van der Waals surface area contributed by atoms with Crippen molar-refractivity contribution in [1.82, 2.24) is 0 Å². The molecule has 0 bridgehead atoms. The normalized spacial score (nSPS) is 15.8.